The molecule has 1 heterocycles. The van der Waals surface area contributed by atoms with Crippen LogP contribution in [0, 0.1) is 0 Å². The van der Waals surface area contributed by atoms with E-state index >= 15 is 0 Å². The second-order valence-electron chi connectivity index (χ2n) is 5.13. The predicted molar refractivity (Wildman–Crippen MR) is 76.4 cm³/mol. The van der Waals surface area contributed by atoms with Gasteiger partial charge in [-0.2, -0.15) is 0 Å². The summed E-state index contributed by atoms with van der Waals surface area (Å²) in [4.78, 5) is 13.2. The number of carbonyl (C=O) groups is 1. The summed E-state index contributed by atoms with van der Waals surface area (Å²) in [7, 11) is 0. The third kappa shape index (κ3) is 3.93. The number of rotatable bonds is 4. The number of ether oxygens (including phenoxy) is 1. The number of hydrogen-bond acceptors (Lipinski definition) is 4. The summed E-state index contributed by atoms with van der Waals surface area (Å²) in [5, 5.41) is 10.8. The highest BCUT2D eigenvalue weighted by Crippen LogP contribution is 2.20. The van der Waals surface area contributed by atoms with Gasteiger partial charge in [-0.3, -0.25) is 9.69 Å². The number of carbonyl (C=O) groups excluding carboxylic acids is 1. The molecule has 0 radical (unpaired) electrons. The number of aliphatic hydroxyl groups excluding tert-OH is 1. The lowest BCUT2D eigenvalue weighted by atomic mass is 10.1. The van der Waals surface area contributed by atoms with Crippen LogP contribution in [-0.2, 0) is 9.53 Å². The molecule has 1 saturated heterocycles. The van der Waals surface area contributed by atoms with Crippen molar-refractivity contribution in [1.29, 1.82) is 0 Å². The van der Waals surface area contributed by atoms with Crippen molar-refractivity contribution in [2.24, 2.45) is 5.73 Å². The molecule has 1 aliphatic rings. The van der Waals surface area contributed by atoms with Crippen LogP contribution in [0.3, 0.4) is 0 Å². The van der Waals surface area contributed by atoms with Gasteiger partial charge in [0.2, 0.25) is 5.91 Å². The van der Waals surface area contributed by atoms with E-state index in [0.717, 1.165) is 5.56 Å². The van der Waals surface area contributed by atoms with Crippen molar-refractivity contribution in [1.82, 2.24) is 4.90 Å². The maximum Gasteiger partial charge on any atom is 0.247 e. The Morgan fingerprint density at radius 2 is 2.35 bits per heavy atom. The minimum Gasteiger partial charge on any atom is -0.387 e. The number of nitrogens with two attached hydrogens (primary N) is 1. The fraction of sp³-hybridized carbons (Fsp3) is 0.500. The first-order valence-corrected chi connectivity index (χ1v) is 6.94. The fourth-order valence-electron chi connectivity index (χ4n) is 2.41. The van der Waals surface area contributed by atoms with Gasteiger partial charge < -0.3 is 15.6 Å². The van der Waals surface area contributed by atoms with Gasteiger partial charge >= 0.3 is 0 Å². The third-order valence-electron chi connectivity index (χ3n) is 3.32. The van der Waals surface area contributed by atoms with E-state index in [2.05, 4.69) is 0 Å². The van der Waals surface area contributed by atoms with Crippen molar-refractivity contribution in [2.45, 2.75) is 25.2 Å². The third-order valence-corrected chi connectivity index (χ3v) is 3.55. The average Bonchev–Trinajstić information content (AvgIpc) is 2.37. The standard InChI is InChI=1S/C14H19ClN2O3/c1-9-6-17(8-13(20-9)14(16)19)7-12(18)10-3-2-4-11(15)5-10/h2-5,9,12-13,18H,6-8H2,1H3,(H2,16,19)/t9-,12-,13-/m1/s1. The average molecular weight is 299 g/mol. The van der Waals surface area contributed by atoms with E-state index in [4.69, 9.17) is 22.1 Å². The van der Waals surface area contributed by atoms with E-state index in [1.165, 1.54) is 0 Å². The molecule has 6 heteroatoms. The van der Waals surface area contributed by atoms with Crippen molar-refractivity contribution in [3.63, 3.8) is 0 Å². The van der Waals surface area contributed by atoms with Gasteiger partial charge in [0.15, 0.2) is 0 Å². The second kappa shape index (κ2) is 6.54. The van der Waals surface area contributed by atoms with Gasteiger partial charge in [-0.05, 0) is 24.6 Å². The van der Waals surface area contributed by atoms with E-state index in [9.17, 15) is 9.90 Å². The predicted octanol–water partition coefficient (Wildman–Crippen LogP) is 0.948. The van der Waals surface area contributed by atoms with Crippen LogP contribution in [0.2, 0.25) is 5.02 Å². The van der Waals surface area contributed by atoms with E-state index in [1.54, 1.807) is 18.2 Å². The number of nitrogens with zero attached hydrogens (tertiary/aromatic N) is 1. The number of halogens is 1. The lowest BCUT2D eigenvalue weighted by Gasteiger charge is -2.36. The van der Waals surface area contributed by atoms with Crippen LogP contribution in [-0.4, -0.2) is 47.8 Å². The second-order valence-corrected chi connectivity index (χ2v) is 5.56. The lowest BCUT2D eigenvalue weighted by Crippen LogP contribution is -2.52. The molecule has 1 aromatic carbocycles. The number of aliphatic hydroxyl groups is 1. The molecule has 5 nitrogen and oxygen atoms in total. The molecular formula is C14H19ClN2O3. The van der Waals surface area contributed by atoms with E-state index in [-0.39, 0.29) is 6.10 Å². The molecule has 0 bridgehead atoms. The summed E-state index contributed by atoms with van der Waals surface area (Å²) in [6.45, 7) is 3.35. The Morgan fingerprint density at radius 1 is 1.60 bits per heavy atom. The quantitative estimate of drug-likeness (QED) is 0.868. The Balaban J connectivity index is 1.99. The van der Waals surface area contributed by atoms with Gasteiger partial charge in [0.1, 0.15) is 6.10 Å². The van der Waals surface area contributed by atoms with Crippen LogP contribution < -0.4 is 5.73 Å². The Morgan fingerprint density at radius 3 is 3.00 bits per heavy atom. The van der Waals surface area contributed by atoms with Crippen LogP contribution in [0.5, 0.6) is 0 Å². The van der Waals surface area contributed by atoms with Gasteiger partial charge in [0.05, 0.1) is 12.2 Å². The summed E-state index contributed by atoms with van der Waals surface area (Å²) in [5.74, 6) is -0.473. The lowest BCUT2D eigenvalue weighted by molar-refractivity contribution is -0.143. The SMILES string of the molecule is C[C@@H]1CN(C[C@@H](O)c2cccc(Cl)c2)C[C@H](C(N)=O)O1. The van der Waals surface area contributed by atoms with Crippen LogP contribution >= 0.6 is 11.6 Å². The first-order valence-electron chi connectivity index (χ1n) is 6.56. The van der Waals surface area contributed by atoms with Gasteiger partial charge in [0.25, 0.3) is 0 Å². The largest absolute Gasteiger partial charge is 0.387 e. The zero-order chi connectivity index (χ0) is 14.7. The first-order chi connectivity index (χ1) is 9.45. The van der Waals surface area contributed by atoms with E-state index in [0.29, 0.717) is 24.7 Å². The normalized spacial score (nSPS) is 25.4. The van der Waals surface area contributed by atoms with Gasteiger partial charge in [-0.15, -0.1) is 0 Å². The smallest absolute Gasteiger partial charge is 0.247 e. The van der Waals surface area contributed by atoms with E-state index in [1.807, 2.05) is 17.9 Å². The molecule has 1 aliphatic heterocycles. The molecule has 1 amide bonds. The molecule has 1 aromatic rings. The molecule has 0 aliphatic carbocycles. The van der Waals surface area contributed by atoms with E-state index < -0.39 is 18.1 Å². The number of primary amides is 1. The van der Waals surface area contributed by atoms with Crippen molar-refractivity contribution >= 4 is 17.5 Å². The van der Waals surface area contributed by atoms with Crippen LogP contribution in [0.25, 0.3) is 0 Å². The van der Waals surface area contributed by atoms with Crippen molar-refractivity contribution in [3.05, 3.63) is 34.9 Å². The maximum absolute atomic E-state index is 11.2. The molecular weight excluding hydrogens is 280 g/mol. The number of β-amino-alcohol motifs (C(OH)–C–C–N with tert-alkyl or cyclic N) is 1. The topological polar surface area (TPSA) is 75.8 Å². The van der Waals surface area contributed by atoms with Gasteiger partial charge in [0, 0.05) is 24.7 Å². The zero-order valence-electron chi connectivity index (χ0n) is 11.3. The molecule has 3 atom stereocenters. The molecule has 1 fully saturated rings. The molecule has 3 N–H and O–H groups in total. The molecule has 20 heavy (non-hydrogen) atoms. The molecule has 0 saturated carbocycles. The number of benzene rings is 1. The minimum atomic E-state index is -0.660. The van der Waals surface area contributed by atoms with Gasteiger partial charge in [-0.1, -0.05) is 23.7 Å². The molecule has 0 unspecified atom stereocenters. The first kappa shape index (κ1) is 15.3. The minimum absolute atomic E-state index is 0.0900. The highest BCUT2D eigenvalue weighted by atomic mass is 35.5. The molecule has 2 rings (SSSR count). The van der Waals surface area contributed by atoms with Crippen molar-refractivity contribution in [3.8, 4) is 0 Å². The van der Waals surface area contributed by atoms with Crippen LogP contribution in [0.1, 0.15) is 18.6 Å². The van der Waals surface area contributed by atoms with Gasteiger partial charge in [-0.25, -0.2) is 0 Å². The highest BCUT2D eigenvalue weighted by molar-refractivity contribution is 6.30. The Hall–Kier alpha value is -1.14. The summed E-state index contributed by atoms with van der Waals surface area (Å²) in [6.07, 6.45) is -1.37. The summed E-state index contributed by atoms with van der Waals surface area (Å²) < 4.78 is 5.47. The molecule has 0 spiro atoms. The summed E-state index contributed by atoms with van der Waals surface area (Å²) in [6, 6.07) is 7.13. The van der Waals surface area contributed by atoms with Crippen LogP contribution in [0.15, 0.2) is 24.3 Å². The fourth-order valence-corrected chi connectivity index (χ4v) is 2.61. The molecule has 110 valence electrons. The van der Waals surface area contributed by atoms with Crippen molar-refractivity contribution < 1.29 is 14.6 Å². The molecule has 0 aromatic heterocycles. The number of hydrogen-bond donors (Lipinski definition) is 2. The Kier molecular flexibility index (Phi) is 4.99. The Bertz CT molecular complexity index is 483. The maximum atomic E-state index is 11.2. The van der Waals surface area contributed by atoms with Crippen LogP contribution in [0.4, 0.5) is 0 Å². The number of amides is 1. The highest BCUT2D eigenvalue weighted by Gasteiger charge is 2.30. The number of morpholine rings is 1. The summed E-state index contributed by atoms with van der Waals surface area (Å²) >= 11 is 5.91. The van der Waals surface area contributed by atoms with Crippen molar-refractivity contribution in [2.75, 3.05) is 19.6 Å². The zero-order valence-corrected chi connectivity index (χ0v) is 12.1. The summed E-state index contributed by atoms with van der Waals surface area (Å²) in [5.41, 5.74) is 6.04. The Labute approximate surface area is 123 Å². The monoisotopic (exact) mass is 298 g/mol.